The molecule has 0 aliphatic carbocycles. The predicted octanol–water partition coefficient (Wildman–Crippen LogP) is 1.68. The molecule has 1 heterocycles. The van der Waals surface area contributed by atoms with E-state index in [1.54, 1.807) is 19.6 Å². The largest absolute Gasteiger partial charge is 0.505 e. The Morgan fingerprint density at radius 2 is 2.50 bits per heavy atom. The third-order valence-corrected chi connectivity index (χ3v) is 1.58. The van der Waals surface area contributed by atoms with Crippen LogP contribution in [0.5, 0.6) is 0 Å². The van der Waals surface area contributed by atoms with E-state index in [9.17, 15) is 0 Å². The number of hydrogen-bond acceptors (Lipinski definition) is 2. The molecule has 0 fully saturated rings. The smallest absolute Gasteiger partial charge is 0.0788 e. The van der Waals surface area contributed by atoms with Gasteiger partial charge in [0.15, 0.2) is 0 Å². The average molecular weight is 166 g/mol. The summed E-state index contributed by atoms with van der Waals surface area (Å²) in [5.41, 5.74) is 0. The van der Waals surface area contributed by atoms with Crippen LogP contribution in [-0.2, 0) is 11.3 Å². The number of ether oxygens (including phenoxy) is 1. The van der Waals surface area contributed by atoms with Crippen molar-refractivity contribution in [2.24, 2.45) is 5.92 Å². The summed E-state index contributed by atoms with van der Waals surface area (Å²) in [6, 6.07) is 1.92. The van der Waals surface area contributed by atoms with Crippen LogP contribution in [0, 0.1) is 5.92 Å². The number of rotatable bonds is 4. The summed E-state index contributed by atoms with van der Waals surface area (Å²) < 4.78 is 6.73. The molecule has 3 nitrogen and oxygen atoms in total. The first-order valence-electron chi connectivity index (χ1n) is 4.00. The highest BCUT2D eigenvalue weighted by Crippen LogP contribution is 2.00. The first kappa shape index (κ1) is 8.84. The van der Waals surface area contributed by atoms with Crippen molar-refractivity contribution in [3.63, 3.8) is 0 Å². The van der Waals surface area contributed by atoms with Gasteiger partial charge in [-0.05, 0) is 18.1 Å². The summed E-state index contributed by atoms with van der Waals surface area (Å²) in [6.45, 7) is 3.02. The summed E-state index contributed by atoms with van der Waals surface area (Å²) in [6.07, 6.45) is 7.46. The molecule has 3 heteroatoms. The van der Waals surface area contributed by atoms with Gasteiger partial charge < -0.3 is 4.74 Å². The minimum Gasteiger partial charge on any atom is -0.505 e. The highest BCUT2D eigenvalue weighted by atomic mass is 16.5. The first-order valence-corrected chi connectivity index (χ1v) is 4.00. The zero-order valence-electron chi connectivity index (χ0n) is 7.47. The van der Waals surface area contributed by atoms with Gasteiger partial charge in [-0.25, -0.2) is 0 Å². The molecule has 1 atom stereocenters. The first-order chi connectivity index (χ1) is 5.83. The fourth-order valence-corrected chi connectivity index (χ4v) is 0.977. The van der Waals surface area contributed by atoms with Crippen molar-refractivity contribution in [2.75, 3.05) is 7.11 Å². The zero-order chi connectivity index (χ0) is 8.81. The van der Waals surface area contributed by atoms with Gasteiger partial charge in [0, 0.05) is 18.9 Å². The van der Waals surface area contributed by atoms with E-state index in [0.29, 0.717) is 5.92 Å². The molecule has 1 aromatic rings. The maximum absolute atomic E-state index is 4.82. The number of nitrogens with zero attached hydrogens (tertiary/aromatic N) is 2. The van der Waals surface area contributed by atoms with Gasteiger partial charge in [-0.1, -0.05) is 6.92 Å². The van der Waals surface area contributed by atoms with Crippen LogP contribution in [0.1, 0.15) is 6.92 Å². The molecular formula is C9H14N2O. The summed E-state index contributed by atoms with van der Waals surface area (Å²) in [4.78, 5) is 0. The van der Waals surface area contributed by atoms with Gasteiger partial charge in [0.1, 0.15) is 0 Å². The molecule has 0 spiro atoms. The lowest BCUT2D eigenvalue weighted by Gasteiger charge is -2.05. The van der Waals surface area contributed by atoms with Gasteiger partial charge in [0.2, 0.25) is 0 Å². The second kappa shape index (κ2) is 4.59. The van der Waals surface area contributed by atoms with Crippen molar-refractivity contribution in [3.8, 4) is 0 Å². The standard InChI is InChI=1S/C9H14N2O/c1-9(4-7-12-2)8-11-6-3-5-10-11/h3-7,9H,8H2,1-2H3/b7-4+. The molecule has 0 radical (unpaired) electrons. The van der Waals surface area contributed by atoms with Crippen molar-refractivity contribution >= 4 is 0 Å². The lowest BCUT2D eigenvalue weighted by atomic mass is 10.2. The van der Waals surface area contributed by atoms with Crippen LogP contribution in [-0.4, -0.2) is 16.9 Å². The monoisotopic (exact) mass is 166 g/mol. The van der Waals surface area contributed by atoms with Crippen molar-refractivity contribution in [2.45, 2.75) is 13.5 Å². The zero-order valence-corrected chi connectivity index (χ0v) is 7.47. The molecule has 1 unspecified atom stereocenters. The number of methoxy groups -OCH3 is 1. The Kier molecular flexibility index (Phi) is 3.38. The molecule has 66 valence electrons. The van der Waals surface area contributed by atoms with Crippen LogP contribution in [0.2, 0.25) is 0 Å². The van der Waals surface area contributed by atoms with Crippen LogP contribution in [0.15, 0.2) is 30.8 Å². The maximum Gasteiger partial charge on any atom is 0.0788 e. The van der Waals surface area contributed by atoms with Crippen LogP contribution >= 0.6 is 0 Å². The van der Waals surface area contributed by atoms with E-state index in [4.69, 9.17) is 4.74 Å². The highest BCUT2D eigenvalue weighted by Gasteiger charge is 1.97. The minimum absolute atomic E-state index is 0.449. The van der Waals surface area contributed by atoms with Gasteiger partial charge in [0.05, 0.1) is 13.4 Å². The van der Waals surface area contributed by atoms with E-state index >= 15 is 0 Å². The van der Waals surface area contributed by atoms with Crippen LogP contribution in [0.25, 0.3) is 0 Å². The molecule has 0 N–H and O–H groups in total. The molecule has 0 saturated carbocycles. The molecule has 1 aromatic heterocycles. The van der Waals surface area contributed by atoms with E-state index in [-0.39, 0.29) is 0 Å². The van der Waals surface area contributed by atoms with E-state index in [0.717, 1.165) is 6.54 Å². The van der Waals surface area contributed by atoms with Crippen LogP contribution < -0.4 is 0 Å². The minimum atomic E-state index is 0.449. The second-order valence-corrected chi connectivity index (χ2v) is 2.77. The van der Waals surface area contributed by atoms with Gasteiger partial charge >= 0.3 is 0 Å². The molecule has 0 saturated heterocycles. The number of allylic oxidation sites excluding steroid dienone is 1. The Morgan fingerprint density at radius 3 is 3.08 bits per heavy atom. The van der Waals surface area contributed by atoms with Crippen molar-refractivity contribution < 1.29 is 4.74 Å². The molecule has 12 heavy (non-hydrogen) atoms. The Morgan fingerprint density at radius 1 is 1.67 bits per heavy atom. The lowest BCUT2D eigenvalue weighted by Crippen LogP contribution is -2.05. The van der Waals surface area contributed by atoms with Crippen molar-refractivity contribution in [1.82, 2.24) is 9.78 Å². The predicted molar refractivity (Wildman–Crippen MR) is 47.5 cm³/mol. The van der Waals surface area contributed by atoms with Gasteiger partial charge in [-0.2, -0.15) is 5.10 Å². The Labute approximate surface area is 72.7 Å². The fourth-order valence-electron chi connectivity index (χ4n) is 0.977. The topological polar surface area (TPSA) is 27.1 Å². The van der Waals surface area contributed by atoms with Gasteiger partial charge in [-0.15, -0.1) is 0 Å². The molecule has 0 aromatic carbocycles. The fraction of sp³-hybridized carbons (Fsp3) is 0.444. The van der Waals surface area contributed by atoms with Crippen LogP contribution in [0.3, 0.4) is 0 Å². The summed E-state index contributed by atoms with van der Waals surface area (Å²) in [7, 11) is 1.65. The molecule has 0 aliphatic rings. The summed E-state index contributed by atoms with van der Waals surface area (Å²) in [5.74, 6) is 0.449. The highest BCUT2D eigenvalue weighted by molar-refractivity contribution is 4.83. The quantitative estimate of drug-likeness (QED) is 0.636. The maximum atomic E-state index is 4.82. The molecule has 0 aliphatic heterocycles. The van der Waals surface area contributed by atoms with Gasteiger partial charge in [-0.3, -0.25) is 4.68 Å². The molecular weight excluding hydrogens is 152 g/mol. The average Bonchev–Trinajstić information content (AvgIpc) is 2.53. The SMILES string of the molecule is CO/C=C/C(C)Cn1cccn1. The molecule has 0 bridgehead atoms. The van der Waals surface area contributed by atoms with Gasteiger partial charge in [0.25, 0.3) is 0 Å². The molecule has 0 amide bonds. The van der Waals surface area contributed by atoms with E-state index in [1.165, 1.54) is 0 Å². The van der Waals surface area contributed by atoms with E-state index in [2.05, 4.69) is 12.0 Å². The number of hydrogen-bond donors (Lipinski definition) is 0. The number of aromatic nitrogens is 2. The normalized spacial score (nSPS) is 13.5. The van der Waals surface area contributed by atoms with Crippen molar-refractivity contribution in [1.29, 1.82) is 0 Å². The third kappa shape index (κ3) is 2.78. The summed E-state index contributed by atoms with van der Waals surface area (Å²) >= 11 is 0. The Balaban J connectivity index is 2.36. The Hall–Kier alpha value is -1.25. The van der Waals surface area contributed by atoms with Crippen LogP contribution in [0.4, 0.5) is 0 Å². The third-order valence-electron chi connectivity index (χ3n) is 1.58. The molecule has 1 rings (SSSR count). The second-order valence-electron chi connectivity index (χ2n) is 2.77. The van der Waals surface area contributed by atoms with E-state index < -0.39 is 0 Å². The van der Waals surface area contributed by atoms with Crippen molar-refractivity contribution in [3.05, 3.63) is 30.8 Å². The summed E-state index contributed by atoms with van der Waals surface area (Å²) in [5, 5.41) is 4.11. The van der Waals surface area contributed by atoms with E-state index in [1.807, 2.05) is 23.0 Å². The lowest BCUT2D eigenvalue weighted by molar-refractivity contribution is 0.332. The Bertz CT molecular complexity index is 229.